The third-order valence-corrected chi connectivity index (χ3v) is 7.58. The van der Waals surface area contributed by atoms with E-state index in [0.29, 0.717) is 30.1 Å². The topological polar surface area (TPSA) is 98.6 Å². The first-order valence-corrected chi connectivity index (χ1v) is 13.1. The van der Waals surface area contributed by atoms with Crippen molar-refractivity contribution in [2.75, 3.05) is 25.2 Å². The Bertz CT molecular complexity index is 1380. The lowest BCUT2D eigenvalue weighted by molar-refractivity contribution is -0.127. The van der Waals surface area contributed by atoms with Crippen LogP contribution in [-0.2, 0) is 20.9 Å². The fraction of sp³-hybridized carbons (Fsp3) is 0.333. The molecule has 0 unspecified atom stereocenters. The highest BCUT2D eigenvalue weighted by molar-refractivity contribution is 7.10. The second kappa shape index (κ2) is 11.1. The van der Waals surface area contributed by atoms with Crippen molar-refractivity contribution in [1.29, 1.82) is 0 Å². The van der Waals surface area contributed by atoms with Gasteiger partial charge < -0.3 is 14.8 Å². The summed E-state index contributed by atoms with van der Waals surface area (Å²) < 4.78 is 12.6. The molecule has 2 aromatic heterocycles. The maximum atomic E-state index is 14.0. The van der Waals surface area contributed by atoms with Crippen molar-refractivity contribution in [2.24, 2.45) is 0 Å². The van der Waals surface area contributed by atoms with Crippen LogP contribution in [0.4, 0.5) is 5.69 Å². The molecule has 1 saturated heterocycles. The summed E-state index contributed by atoms with van der Waals surface area (Å²) in [5, 5.41) is 13.4. The number of aryl methyl sites for hydroxylation is 1. The Hall–Kier alpha value is -3.76. The Kier molecular flexibility index (Phi) is 7.47. The van der Waals surface area contributed by atoms with Gasteiger partial charge >= 0.3 is 0 Å². The Morgan fingerprint density at radius 1 is 1.22 bits per heavy atom. The van der Waals surface area contributed by atoms with Gasteiger partial charge in [0.05, 0.1) is 18.7 Å². The van der Waals surface area contributed by atoms with E-state index in [1.807, 2.05) is 42.6 Å². The summed E-state index contributed by atoms with van der Waals surface area (Å²) in [6, 6.07) is 15.7. The van der Waals surface area contributed by atoms with Crippen molar-refractivity contribution in [3.63, 3.8) is 0 Å². The number of amides is 2. The highest BCUT2D eigenvalue weighted by atomic mass is 32.1. The number of fused-ring (bicyclic) bond motifs is 1. The molecule has 1 fully saturated rings. The molecule has 2 amide bonds. The Balaban J connectivity index is 1.52. The number of carbonyl (C=O) groups is 2. The lowest BCUT2D eigenvalue weighted by Crippen LogP contribution is -2.46. The average molecular weight is 520 g/mol. The molecule has 1 aliphatic heterocycles. The molecular weight excluding hydrogens is 490 g/mol. The number of hydrogen-bond acceptors (Lipinski definition) is 7. The Morgan fingerprint density at radius 2 is 2.03 bits per heavy atom. The highest BCUT2D eigenvalue weighted by Gasteiger charge is 2.35. The van der Waals surface area contributed by atoms with E-state index in [9.17, 15) is 9.59 Å². The molecule has 0 radical (unpaired) electrons. The van der Waals surface area contributed by atoms with Crippen molar-refractivity contribution < 1.29 is 19.1 Å². The fourth-order valence-corrected chi connectivity index (χ4v) is 5.57. The van der Waals surface area contributed by atoms with Crippen molar-refractivity contribution in [3.8, 4) is 5.75 Å². The maximum absolute atomic E-state index is 14.0. The van der Waals surface area contributed by atoms with Crippen LogP contribution in [0.15, 0.2) is 60.0 Å². The molecule has 0 saturated carbocycles. The minimum absolute atomic E-state index is 0.0133. The number of para-hydroxylation sites is 1. The van der Waals surface area contributed by atoms with E-state index >= 15 is 0 Å². The number of benzene rings is 2. The standard InChI is InChI=1S/C27H29N5O4S/c1-18-13-15-37-26(18)25(27(34)28-16-21-6-5-14-36-21)32(19-9-11-20(35-2)12-10-19)24(33)17-31-23-8-4-3-7-22(23)29-30-31/h3-4,7-13,15,21,25H,5-6,14,16-17H2,1-2H3,(H,28,34)/t21-,25+/m0/s1. The predicted molar refractivity (Wildman–Crippen MR) is 142 cm³/mol. The van der Waals surface area contributed by atoms with E-state index in [0.717, 1.165) is 28.8 Å². The number of methoxy groups -OCH3 is 1. The van der Waals surface area contributed by atoms with Gasteiger partial charge in [-0.1, -0.05) is 17.3 Å². The third-order valence-electron chi connectivity index (χ3n) is 6.51. The zero-order valence-electron chi connectivity index (χ0n) is 20.8. The van der Waals surface area contributed by atoms with Crippen LogP contribution in [0.25, 0.3) is 11.0 Å². The van der Waals surface area contributed by atoms with E-state index in [1.165, 1.54) is 11.3 Å². The molecule has 4 aromatic rings. The first-order chi connectivity index (χ1) is 18.0. The number of ether oxygens (including phenoxy) is 2. The van der Waals surface area contributed by atoms with Crippen LogP contribution < -0.4 is 15.0 Å². The molecule has 1 aliphatic rings. The largest absolute Gasteiger partial charge is 0.497 e. The number of nitrogens with one attached hydrogen (secondary N) is 1. The number of nitrogens with zero attached hydrogens (tertiary/aromatic N) is 4. The minimum atomic E-state index is -0.864. The molecule has 37 heavy (non-hydrogen) atoms. The number of anilines is 1. The van der Waals surface area contributed by atoms with Crippen molar-refractivity contribution in [2.45, 2.75) is 38.5 Å². The summed E-state index contributed by atoms with van der Waals surface area (Å²) in [7, 11) is 1.59. The number of thiophene rings is 1. The van der Waals surface area contributed by atoms with Crippen LogP contribution in [0.5, 0.6) is 5.75 Å². The zero-order valence-corrected chi connectivity index (χ0v) is 21.6. The van der Waals surface area contributed by atoms with Gasteiger partial charge in [0.15, 0.2) is 0 Å². The Morgan fingerprint density at radius 3 is 2.73 bits per heavy atom. The quantitative estimate of drug-likeness (QED) is 0.360. The van der Waals surface area contributed by atoms with Crippen molar-refractivity contribution in [1.82, 2.24) is 20.3 Å². The summed E-state index contributed by atoms with van der Waals surface area (Å²) >= 11 is 1.46. The maximum Gasteiger partial charge on any atom is 0.249 e. The lowest BCUT2D eigenvalue weighted by atomic mass is 10.1. The summed E-state index contributed by atoms with van der Waals surface area (Å²) in [5.41, 5.74) is 2.98. The average Bonchev–Trinajstić information content (AvgIpc) is 3.68. The molecule has 2 atom stereocenters. The van der Waals surface area contributed by atoms with E-state index in [2.05, 4.69) is 15.6 Å². The van der Waals surface area contributed by atoms with Gasteiger partial charge in [-0.15, -0.1) is 16.4 Å². The number of hydrogen-bond donors (Lipinski definition) is 1. The second-order valence-corrected chi connectivity index (χ2v) is 9.90. The van der Waals surface area contributed by atoms with Gasteiger partial charge in [0.1, 0.15) is 23.9 Å². The van der Waals surface area contributed by atoms with Gasteiger partial charge in [-0.3, -0.25) is 14.5 Å². The molecule has 3 heterocycles. The molecule has 0 spiro atoms. The summed E-state index contributed by atoms with van der Waals surface area (Å²) in [5.74, 6) is 0.115. The number of carbonyl (C=O) groups excluding carboxylic acids is 2. The molecule has 0 aliphatic carbocycles. The van der Waals surface area contributed by atoms with Crippen LogP contribution in [0.2, 0.25) is 0 Å². The monoisotopic (exact) mass is 519 g/mol. The number of rotatable bonds is 9. The van der Waals surface area contributed by atoms with Gasteiger partial charge in [-0.05, 0) is 73.2 Å². The molecular formula is C27H29N5O4S. The van der Waals surface area contributed by atoms with Crippen LogP contribution in [-0.4, -0.2) is 53.2 Å². The Labute approximate surface area is 219 Å². The van der Waals surface area contributed by atoms with Gasteiger partial charge in [0.25, 0.3) is 0 Å². The molecule has 9 nitrogen and oxygen atoms in total. The van der Waals surface area contributed by atoms with Gasteiger partial charge in [0.2, 0.25) is 11.8 Å². The molecule has 0 bridgehead atoms. The molecule has 5 rings (SSSR count). The van der Waals surface area contributed by atoms with Crippen LogP contribution in [0, 0.1) is 6.92 Å². The number of aromatic nitrogens is 3. The molecule has 2 aromatic carbocycles. The predicted octanol–water partition coefficient (Wildman–Crippen LogP) is 3.88. The smallest absolute Gasteiger partial charge is 0.249 e. The van der Waals surface area contributed by atoms with Crippen LogP contribution in [0.3, 0.4) is 0 Å². The molecule has 10 heteroatoms. The van der Waals surface area contributed by atoms with Crippen LogP contribution >= 0.6 is 11.3 Å². The van der Waals surface area contributed by atoms with Crippen molar-refractivity contribution >= 4 is 39.9 Å². The lowest BCUT2D eigenvalue weighted by Gasteiger charge is -2.31. The molecule has 192 valence electrons. The fourth-order valence-electron chi connectivity index (χ4n) is 4.55. The van der Waals surface area contributed by atoms with E-state index in [-0.39, 0.29) is 24.5 Å². The van der Waals surface area contributed by atoms with E-state index < -0.39 is 6.04 Å². The summed E-state index contributed by atoms with van der Waals surface area (Å²) in [6.07, 6.45) is 1.88. The van der Waals surface area contributed by atoms with E-state index in [1.54, 1.807) is 41.0 Å². The third kappa shape index (κ3) is 5.35. The zero-order chi connectivity index (χ0) is 25.8. The van der Waals surface area contributed by atoms with Crippen LogP contribution in [0.1, 0.15) is 29.3 Å². The highest BCUT2D eigenvalue weighted by Crippen LogP contribution is 2.34. The van der Waals surface area contributed by atoms with Gasteiger partial charge in [-0.2, -0.15) is 0 Å². The second-order valence-electron chi connectivity index (χ2n) is 8.95. The SMILES string of the molecule is COc1ccc(N(C(=O)Cn2nnc3ccccc32)[C@@H](C(=O)NC[C@@H]2CCCO2)c2sccc2C)cc1. The summed E-state index contributed by atoms with van der Waals surface area (Å²) in [4.78, 5) is 30.2. The van der Waals surface area contributed by atoms with Gasteiger partial charge in [0, 0.05) is 23.7 Å². The van der Waals surface area contributed by atoms with Gasteiger partial charge in [-0.25, -0.2) is 4.68 Å². The normalized spacial score (nSPS) is 16.0. The van der Waals surface area contributed by atoms with Crippen molar-refractivity contribution in [3.05, 3.63) is 70.4 Å². The minimum Gasteiger partial charge on any atom is -0.497 e. The van der Waals surface area contributed by atoms with E-state index in [4.69, 9.17) is 9.47 Å². The first-order valence-electron chi connectivity index (χ1n) is 12.2. The molecule has 1 N–H and O–H groups in total. The first kappa shape index (κ1) is 24.9. The summed E-state index contributed by atoms with van der Waals surface area (Å²) in [6.45, 7) is 2.98.